The summed E-state index contributed by atoms with van der Waals surface area (Å²) in [6, 6.07) is 8.38. The van der Waals surface area contributed by atoms with Gasteiger partial charge in [-0.15, -0.1) is 0 Å². The van der Waals surface area contributed by atoms with Crippen molar-refractivity contribution in [2.75, 3.05) is 26.0 Å². The summed E-state index contributed by atoms with van der Waals surface area (Å²) in [6.07, 6.45) is 0. The molecular weight excluding hydrogens is 349 g/mol. The van der Waals surface area contributed by atoms with Crippen LogP contribution in [0.4, 0.5) is 18.9 Å². The lowest BCUT2D eigenvalue weighted by atomic mass is 10.1. The second-order valence-electron chi connectivity index (χ2n) is 5.64. The number of halogens is 3. The van der Waals surface area contributed by atoms with Gasteiger partial charge in [0.1, 0.15) is 0 Å². The summed E-state index contributed by atoms with van der Waals surface area (Å²) in [4.78, 5) is 25.1. The molecule has 0 atom stereocenters. The first-order valence-corrected chi connectivity index (χ1v) is 7.61. The maximum atomic E-state index is 13.6. The van der Waals surface area contributed by atoms with Crippen LogP contribution >= 0.6 is 0 Å². The first-order chi connectivity index (χ1) is 12.3. The van der Waals surface area contributed by atoms with Gasteiger partial charge < -0.3 is 10.1 Å². The quantitative estimate of drug-likeness (QED) is 0.631. The molecule has 2 aromatic carbocycles. The Morgan fingerprint density at radius 2 is 1.85 bits per heavy atom. The standard InChI is InChI=1S/C18H17F3N2O3/c1-23(9-11-4-3-5-12(8-11)18(25)26-2)10-15(24)22-14-7-6-13(19)16(20)17(14)21/h3-8H,9-10H2,1-2H3,(H,22,24). The van der Waals surface area contributed by atoms with E-state index in [4.69, 9.17) is 0 Å². The Morgan fingerprint density at radius 3 is 2.54 bits per heavy atom. The number of nitrogens with one attached hydrogen (secondary N) is 1. The highest BCUT2D eigenvalue weighted by molar-refractivity contribution is 5.92. The molecule has 2 aromatic rings. The van der Waals surface area contributed by atoms with Crippen molar-refractivity contribution in [1.82, 2.24) is 4.90 Å². The third-order valence-corrected chi connectivity index (χ3v) is 3.52. The Kier molecular flexibility index (Phi) is 6.35. The van der Waals surface area contributed by atoms with Gasteiger partial charge in [-0.05, 0) is 36.9 Å². The molecule has 138 valence electrons. The van der Waals surface area contributed by atoms with E-state index in [9.17, 15) is 22.8 Å². The number of benzene rings is 2. The Morgan fingerprint density at radius 1 is 1.12 bits per heavy atom. The molecule has 0 unspecified atom stereocenters. The van der Waals surface area contributed by atoms with E-state index >= 15 is 0 Å². The highest BCUT2D eigenvalue weighted by Gasteiger charge is 2.16. The number of likely N-dealkylation sites (N-methyl/N-ethyl adjacent to an activating group) is 1. The lowest BCUT2D eigenvalue weighted by Crippen LogP contribution is -2.30. The smallest absolute Gasteiger partial charge is 0.337 e. The lowest BCUT2D eigenvalue weighted by Gasteiger charge is -2.17. The highest BCUT2D eigenvalue weighted by Crippen LogP contribution is 2.19. The zero-order valence-electron chi connectivity index (χ0n) is 14.2. The van der Waals surface area contributed by atoms with Crippen LogP contribution in [-0.4, -0.2) is 37.5 Å². The molecule has 26 heavy (non-hydrogen) atoms. The fraction of sp³-hybridized carbons (Fsp3) is 0.222. The number of hydrogen-bond donors (Lipinski definition) is 1. The van der Waals surface area contributed by atoms with Crippen LogP contribution in [0.1, 0.15) is 15.9 Å². The summed E-state index contributed by atoms with van der Waals surface area (Å²) in [5.74, 6) is -5.49. The van der Waals surface area contributed by atoms with Gasteiger partial charge in [0, 0.05) is 6.54 Å². The van der Waals surface area contributed by atoms with Gasteiger partial charge in [0.15, 0.2) is 17.5 Å². The Hall–Kier alpha value is -2.87. The minimum atomic E-state index is -1.64. The maximum absolute atomic E-state index is 13.6. The van der Waals surface area contributed by atoms with Crippen molar-refractivity contribution < 1.29 is 27.5 Å². The number of amides is 1. The molecule has 0 aliphatic heterocycles. The molecular formula is C18H17F3N2O3. The van der Waals surface area contributed by atoms with Crippen LogP contribution < -0.4 is 5.32 Å². The van der Waals surface area contributed by atoms with Crippen molar-refractivity contribution in [3.63, 3.8) is 0 Å². The molecule has 0 saturated heterocycles. The Bertz CT molecular complexity index is 827. The minimum absolute atomic E-state index is 0.124. The molecule has 0 fully saturated rings. The zero-order chi connectivity index (χ0) is 19.3. The fourth-order valence-corrected chi connectivity index (χ4v) is 2.34. The average molecular weight is 366 g/mol. The third-order valence-electron chi connectivity index (χ3n) is 3.52. The predicted octanol–water partition coefficient (Wildman–Crippen LogP) is 2.96. The van der Waals surface area contributed by atoms with Gasteiger partial charge >= 0.3 is 5.97 Å². The number of nitrogens with zero attached hydrogens (tertiary/aromatic N) is 1. The number of carbonyl (C=O) groups excluding carboxylic acids is 2. The van der Waals surface area contributed by atoms with E-state index < -0.39 is 35.0 Å². The largest absolute Gasteiger partial charge is 0.465 e. The highest BCUT2D eigenvalue weighted by atomic mass is 19.2. The van der Waals surface area contributed by atoms with Gasteiger partial charge in [-0.3, -0.25) is 9.69 Å². The van der Waals surface area contributed by atoms with Crippen molar-refractivity contribution in [2.45, 2.75) is 6.54 Å². The van der Waals surface area contributed by atoms with E-state index in [-0.39, 0.29) is 6.54 Å². The van der Waals surface area contributed by atoms with E-state index in [1.807, 2.05) is 0 Å². The lowest BCUT2D eigenvalue weighted by molar-refractivity contribution is -0.117. The number of hydrogen-bond acceptors (Lipinski definition) is 4. The molecule has 0 bridgehead atoms. The van der Waals surface area contributed by atoms with Crippen LogP contribution in [0.15, 0.2) is 36.4 Å². The van der Waals surface area contributed by atoms with E-state index in [1.165, 1.54) is 7.11 Å². The Labute approximate surface area is 148 Å². The SMILES string of the molecule is COC(=O)c1cccc(CN(C)CC(=O)Nc2ccc(F)c(F)c2F)c1. The van der Waals surface area contributed by atoms with Crippen LogP contribution in [0.25, 0.3) is 0 Å². The van der Waals surface area contributed by atoms with Crippen LogP contribution in [0.3, 0.4) is 0 Å². The average Bonchev–Trinajstić information content (AvgIpc) is 2.61. The molecule has 1 amide bonds. The monoisotopic (exact) mass is 366 g/mol. The second kappa shape index (κ2) is 8.48. The van der Waals surface area contributed by atoms with Crippen molar-refractivity contribution in [3.05, 3.63) is 65.0 Å². The van der Waals surface area contributed by atoms with Crippen molar-refractivity contribution in [1.29, 1.82) is 0 Å². The van der Waals surface area contributed by atoms with Gasteiger partial charge in [0.05, 0.1) is 24.9 Å². The van der Waals surface area contributed by atoms with Crippen molar-refractivity contribution in [2.24, 2.45) is 0 Å². The Balaban J connectivity index is 1.97. The molecule has 8 heteroatoms. The van der Waals surface area contributed by atoms with Gasteiger partial charge in [0.2, 0.25) is 5.91 Å². The van der Waals surface area contributed by atoms with Crippen LogP contribution in [0.2, 0.25) is 0 Å². The number of carbonyl (C=O) groups is 2. The summed E-state index contributed by atoms with van der Waals surface area (Å²) in [6.45, 7) is 0.208. The first-order valence-electron chi connectivity index (χ1n) is 7.61. The zero-order valence-corrected chi connectivity index (χ0v) is 14.2. The van der Waals surface area contributed by atoms with Gasteiger partial charge in [-0.25, -0.2) is 18.0 Å². The number of anilines is 1. The molecule has 0 saturated carbocycles. The van der Waals surface area contributed by atoms with Gasteiger partial charge in [-0.2, -0.15) is 0 Å². The van der Waals surface area contributed by atoms with Gasteiger partial charge in [-0.1, -0.05) is 12.1 Å². The molecule has 1 N–H and O–H groups in total. The summed E-state index contributed by atoms with van der Waals surface area (Å²) < 4.78 is 44.3. The molecule has 0 heterocycles. The molecule has 0 spiro atoms. The molecule has 0 aromatic heterocycles. The van der Waals surface area contributed by atoms with E-state index in [2.05, 4.69) is 10.1 Å². The number of ether oxygens (including phenoxy) is 1. The molecule has 5 nitrogen and oxygen atoms in total. The first kappa shape index (κ1) is 19.5. The summed E-state index contributed by atoms with van der Waals surface area (Å²) in [5.41, 5.74) is 0.712. The third kappa shape index (κ3) is 4.82. The second-order valence-corrected chi connectivity index (χ2v) is 5.64. The topological polar surface area (TPSA) is 58.6 Å². The van der Waals surface area contributed by atoms with Crippen LogP contribution in [-0.2, 0) is 16.1 Å². The number of esters is 1. The molecule has 0 aliphatic rings. The summed E-state index contributed by atoms with van der Waals surface area (Å²) in [5, 5.41) is 2.20. The van der Waals surface area contributed by atoms with Crippen molar-refractivity contribution >= 4 is 17.6 Å². The molecule has 2 rings (SSSR count). The minimum Gasteiger partial charge on any atom is -0.465 e. The van der Waals surface area contributed by atoms with Crippen molar-refractivity contribution in [3.8, 4) is 0 Å². The summed E-state index contributed by atoms with van der Waals surface area (Å²) in [7, 11) is 2.93. The number of methoxy groups -OCH3 is 1. The van der Waals surface area contributed by atoms with E-state index in [0.29, 0.717) is 12.1 Å². The molecule has 0 aliphatic carbocycles. The molecule has 0 radical (unpaired) electrons. The van der Waals surface area contributed by atoms with E-state index in [1.54, 1.807) is 36.2 Å². The van der Waals surface area contributed by atoms with Crippen LogP contribution in [0, 0.1) is 17.5 Å². The maximum Gasteiger partial charge on any atom is 0.337 e. The predicted molar refractivity (Wildman–Crippen MR) is 89.1 cm³/mol. The van der Waals surface area contributed by atoms with E-state index in [0.717, 1.165) is 17.7 Å². The van der Waals surface area contributed by atoms with Crippen LogP contribution in [0.5, 0.6) is 0 Å². The normalized spacial score (nSPS) is 10.7. The van der Waals surface area contributed by atoms with Gasteiger partial charge in [0.25, 0.3) is 0 Å². The fourth-order valence-electron chi connectivity index (χ4n) is 2.34. The number of rotatable bonds is 6. The summed E-state index contributed by atoms with van der Waals surface area (Å²) >= 11 is 0.